The van der Waals surface area contributed by atoms with E-state index in [0.29, 0.717) is 12.8 Å². The highest BCUT2D eigenvalue weighted by molar-refractivity contribution is 5.87. The van der Waals surface area contributed by atoms with Gasteiger partial charge in [-0.05, 0) is 32.4 Å². The van der Waals surface area contributed by atoms with Crippen LogP contribution in [0.1, 0.15) is 40.5 Å². The van der Waals surface area contributed by atoms with Crippen LogP contribution >= 0.6 is 0 Å². The molecule has 2 saturated heterocycles. The first-order chi connectivity index (χ1) is 12.5. The molecule has 0 unspecified atom stereocenters. The number of aliphatic hydroxyl groups is 4. The number of ketones is 1. The zero-order chi connectivity index (χ0) is 20.2. The third-order valence-corrected chi connectivity index (χ3v) is 6.22. The Bertz CT molecular complexity index is 617. The topological polar surface area (TPSA) is 129 Å². The Balaban J connectivity index is 1.73. The van der Waals surface area contributed by atoms with Gasteiger partial charge in [0.1, 0.15) is 35.6 Å². The fraction of sp³-hybridized carbons (Fsp3) is 0.842. The molecule has 0 spiro atoms. The maximum atomic E-state index is 11.4. The summed E-state index contributed by atoms with van der Waals surface area (Å²) in [6, 6.07) is 0. The summed E-state index contributed by atoms with van der Waals surface area (Å²) in [6.07, 6.45) is -2.34. The molecule has 1 saturated carbocycles. The van der Waals surface area contributed by atoms with Crippen molar-refractivity contribution in [2.24, 2.45) is 5.41 Å². The molecule has 0 aromatic carbocycles. The predicted octanol–water partition coefficient (Wildman–Crippen LogP) is -0.336. The third kappa shape index (κ3) is 3.37. The van der Waals surface area contributed by atoms with Crippen LogP contribution in [0.4, 0.5) is 0 Å². The van der Waals surface area contributed by atoms with Gasteiger partial charge >= 0.3 is 0 Å². The zero-order valence-corrected chi connectivity index (χ0v) is 16.2. The van der Waals surface area contributed by atoms with Crippen LogP contribution in [-0.4, -0.2) is 80.8 Å². The lowest BCUT2D eigenvalue weighted by Crippen LogP contribution is -2.60. The molecule has 3 fully saturated rings. The molecule has 3 aliphatic rings. The molecule has 8 atom stereocenters. The lowest BCUT2D eigenvalue weighted by atomic mass is 9.63. The molecule has 154 valence electrons. The fourth-order valence-electron chi connectivity index (χ4n) is 4.74. The van der Waals surface area contributed by atoms with Crippen LogP contribution in [0, 0.1) is 5.41 Å². The van der Waals surface area contributed by atoms with Crippen LogP contribution in [0.2, 0.25) is 0 Å². The Morgan fingerprint density at radius 1 is 1.15 bits per heavy atom. The Kier molecular flexibility index (Phi) is 5.31. The van der Waals surface area contributed by atoms with E-state index in [2.05, 4.69) is 0 Å². The van der Waals surface area contributed by atoms with E-state index >= 15 is 0 Å². The monoisotopic (exact) mass is 386 g/mol. The molecule has 2 heterocycles. The van der Waals surface area contributed by atoms with E-state index in [0.717, 1.165) is 0 Å². The van der Waals surface area contributed by atoms with Gasteiger partial charge in [0.2, 0.25) is 0 Å². The first kappa shape index (κ1) is 20.9. The van der Waals surface area contributed by atoms with Gasteiger partial charge in [0, 0.05) is 11.8 Å². The Morgan fingerprint density at radius 3 is 2.37 bits per heavy atom. The first-order valence-corrected chi connectivity index (χ1v) is 9.32. The van der Waals surface area contributed by atoms with Gasteiger partial charge in [0.15, 0.2) is 12.1 Å². The second-order valence-corrected chi connectivity index (χ2v) is 8.76. The SMILES string of the molecule is CC(=O)/C=C/[C@@]12O[C@]1(C)C[C@@H](O[C@H]1O[C@H](CO)[C@@H](O)[C@H](O)[C@H]1O)CC2(C)C. The van der Waals surface area contributed by atoms with Gasteiger partial charge in [-0.25, -0.2) is 0 Å². The number of aliphatic hydroxyl groups excluding tert-OH is 4. The molecule has 27 heavy (non-hydrogen) atoms. The van der Waals surface area contributed by atoms with Crippen molar-refractivity contribution in [3.63, 3.8) is 0 Å². The van der Waals surface area contributed by atoms with Crippen LogP contribution in [-0.2, 0) is 19.0 Å². The number of epoxide rings is 1. The van der Waals surface area contributed by atoms with Crippen LogP contribution in [0.25, 0.3) is 0 Å². The van der Waals surface area contributed by atoms with E-state index in [1.807, 2.05) is 26.8 Å². The number of carbonyl (C=O) groups is 1. The number of ether oxygens (including phenoxy) is 3. The van der Waals surface area contributed by atoms with Crippen LogP contribution in [0.5, 0.6) is 0 Å². The van der Waals surface area contributed by atoms with E-state index in [4.69, 9.17) is 14.2 Å². The number of allylic oxidation sites excluding steroid dienone is 1. The molecule has 3 rings (SSSR count). The number of fused-ring (bicyclic) bond motifs is 1. The number of hydrogen-bond acceptors (Lipinski definition) is 8. The quantitative estimate of drug-likeness (QED) is 0.373. The van der Waals surface area contributed by atoms with Gasteiger partial charge in [-0.1, -0.05) is 13.8 Å². The summed E-state index contributed by atoms with van der Waals surface area (Å²) in [5.41, 5.74) is -1.41. The van der Waals surface area contributed by atoms with Gasteiger partial charge in [-0.2, -0.15) is 0 Å². The second kappa shape index (κ2) is 6.88. The van der Waals surface area contributed by atoms with E-state index in [-0.39, 0.29) is 17.3 Å². The van der Waals surface area contributed by atoms with E-state index in [1.54, 1.807) is 0 Å². The van der Waals surface area contributed by atoms with E-state index in [9.17, 15) is 25.2 Å². The number of hydrogen-bond donors (Lipinski definition) is 4. The molecule has 1 aliphatic carbocycles. The molecule has 0 amide bonds. The molecule has 8 nitrogen and oxygen atoms in total. The zero-order valence-electron chi connectivity index (χ0n) is 16.2. The smallest absolute Gasteiger partial charge is 0.186 e. The van der Waals surface area contributed by atoms with Gasteiger partial charge in [-0.15, -0.1) is 0 Å². The average molecular weight is 386 g/mol. The molecule has 0 radical (unpaired) electrons. The maximum Gasteiger partial charge on any atom is 0.186 e. The summed E-state index contributed by atoms with van der Waals surface area (Å²) in [5, 5.41) is 39.3. The minimum Gasteiger partial charge on any atom is -0.394 e. The summed E-state index contributed by atoms with van der Waals surface area (Å²) in [7, 11) is 0. The van der Waals surface area contributed by atoms with Gasteiger partial charge in [0.05, 0.1) is 12.7 Å². The predicted molar refractivity (Wildman–Crippen MR) is 93.7 cm³/mol. The molecular weight excluding hydrogens is 356 g/mol. The standard InChI is InChI=1S/C19H30O8/c1-10(21)5-6-19-17(2,3)7-11(8-18(19,4)27-19)25-16-15(24)14(23)13(22)12(9-20)26-16/h5-6,11-16,20,22-24H,7-9H2,1-4H3/b6-5+/t11-,12+,13+,14-,15+,16-,18+,19-/m0/s1. The summed E-state index contributed by atoms with van der Waals surface area (Å²) in [6.45, 7) is 7.02. The lowest BCUT2D eigenvalue weighted by molar-refractivity contribution is -0.315. The van der Waals surface area contributed by atoms with Crippen molar-refractivity contribution in [1.82, 2.24) is 0 Å². The highest BCUT2D eigenvalue weighted by atomic mass is 16.7. The van der Waals surface area contributed by atoms with Crippen molar-refractivity contribution < 1.29 is 39.4 Å². The Labute approximate surface area is 158 Å². The van der Waals surface area contributed by atoms with Crippen molar-refractivity contribution in [3.05, 3.63) is 12.2 Å². The summed E-state index contributed by atoms with van der Waals surface area (Å²) in [5.74, 6) is -0.0438. The summed E-state index contributed by atoms with van der Waals surface area (Å²) < 4.78 is 17.5. The third-order valence-electron chi connectivity index (χ3n) is 6.22. The molecule has 0 bridgehead atoms. The minimum absolute atomic E-state index is 0.0438. The van der Waals surface area contributed by atoms with Crippen molar-refractivity contribution in [1.29, 1.82) is 0 Å². The molecular formula is C19H30O8. The molecule has 2 aliphatic heterocycles. The van der Waals surface area contributed by atoms with Crippen molar-refractivity contribution in [2.75, 3.05) is 6.61 Å². The summed E-state index contributed by atoms with van der Waals surface area (Å²) >= 11 is 0. The Morgan fingerprint density at radius 2 is 1.81 bits per heavy atom. The van der Waals surface area contributed by atoms with Gasteiger partial charge < -0.3 is 34.6 Å². The lowest BCUT2D eigenvalue weighted by Gasteiger charge is -2.44. The highest BCUT2D eigenvalue weighted by Gasteiger charge is 2.75. The fourth-order valence-corrected chi connectivity index (χ4v) is 4.74. The molecule has 8 heteroatoms. The van der Waals surface area contributed by atoms with Crippen LogP contribution in [0.3, 0.4) is 0 Å². The van der Waals surface area contributed by atoms with Crippen molar-refractivity contribution in [3.8, 4) is 0 Å². The Hall–Kier alpha value is -0.870. The summed E-state index contributed by atoms with van der Waals surface area (Å²) in [4.78, 5) is 11.4. The van der Waals surface area contributed by atoms with Gasteiger partial charge in [0.25, 0.3) is 0 Å². The largest absolute Gasteiger partial charge is 0.394 e. The molecule has 0 aromatic rings. The van der Waals surface area contributed by atoms with Crippen LogP contribution in [0.15, 0.2) is 12.2 Å². The molecule has 4 N–H and O–H groups in total. The number of carbonyl (C=O) groups excluding carboxylic acids is 1. The van der Waals surface area contributed by atoms with E-state index in [1.165, 1.54) is 13.0 Å². The minimum atomic E-state index is -1.47. The normalized spacial score (nSPS) is 49.0. The van der Waals surface area contributed by atoms with Gasteiger partial charge in [-0.3, -0.25) is 4.79 Å². The molecule has 0 aromatic heterocycles. The highest BCUT2D eigenvalue weighted by Crippen LogP contribution is 2.66. The number of rotatable bonds is 5. The van der Waals surface area contributed by atoms with Crippen LogP contribution < -0.4 is 0 Å². The van der Waals surface area contributed by atoms with E-state index < -0.39 is 48.5 Å². The van der Waals surface area contributed by atoms with Crippen molar-refractivity contribution >= 4 is 5.78 Å². The first-order valence-electron chi connectivity index (χ1n) is 9.32. The second-order valence-electron chi connectivity index (χ2n) is 8.76. The maximum absolute atomic E-state index is 11.4. The average Bonchev–Trinajstić information content (AvgIpc) is 3.20. The van der Waals surface area contributed by atoms with Crippen molar-refractivity contribution in [2.45, 2.75) is 88.5 Å².